The number of hydrogen-bond acceptors (Lipinski definition) is 1. The van der Waals surface area contributed by atoms with Crippen LogP contribution in [0.25, 0.3) is 60.5 Å². The Morgan fingerprint density at radius 2 is 1.22 bits per heavy atom. The first-order chi connectivity index (χ1) is 24.4. The molecule has 7 rings (SSSR count). The lowest BCUT2D eigenvalue weighted by Crippen LogP contribution is -2.01. The van der Waals surface area contributed by atoms with Gasteiger partial charge >= 0.3 is 0 Å². The summed E-state index contributed by atoms with van der Waals surface area (Å²) in [7, 11) is 0. The Labute approximate surface area is 232 Å². The van der Waals surface area contributed by atoms with E-state index in [1.165, 1.54) is 30.3 Å². The van der Waals surface area contributed by atoms with Gasteiger partial charge in [-0.05, 0) is 52.0 Å². The van der Waals surface area contributed by atoms with Crippen molar-refractivity contribution in [1.82, 2.24) is 9.55 Å². The maximum Gasteiger partial charge on any atom is 0.111 e. The number of para-hydroxylation sites is 2. The molecule has 0 N–H and O–H groups in total. The van der Waals surface area contributed by atoms with Crippen LogP contribution in [0.15, 0.2) is 127 Å². The molecule has 6 aromatic carbocycles. The second kappa shape index (κ2) is 8.21. The molecule has 0 fully saturated rings. The Morgan fingerprint density at radius 3 is 1.92 bits per heavy atom. The highest BCUT2D eigenvalue weighted by molar-refractivity contribution is 6.19. The molecule has 36 heavy (non-hydrogen) atoms. The third-order valence-electron chi connectivity index (χ3n) is 6.10. The molecule has 0 radical (unpaired) electrons. The zero-order valence-electron chi connectivity index (χ0n) is 34.5. The number of rotatable bonds is 3. The molecule has 0 amide bonds. The van der Waals surface area contributed by atoms with Gasteiger partial charge < -0.3 is 0 Å². The normalized spacial score (nSPS) is 18.1. The van der Waals surface area contributed by atoms with Crippen LogP contribution < -0.4 is 0 Å². The molecule has 2 nitrogen and oxygen atoms in total. The maximum atomic E-state index is 9.25. The van der Waals surface area contributed by atoms with Crippen molar-refractivity contribution < 1.29 is 21.9 Å². The fraction of sp³-hybridized carbons (Fsp3) is 0.0294. The van der Waals surface area contributed by atoms with Crippen LogP contribution in [0.3, 0.4) is 0 Å². The number of hydrogen-bond donors (Lipinski definition) is 0. The molecular formula is C34H24N2. The van der Waals surface area contributed by atoms with Gasteiger partial charge in [-0.2, -0.15) is 0 Å². The minimum Gasteiger partial charge on any atom is -0.295 e. The molecule has 0 aliphatic rings. The second-order valence-corrected chi connectivity index (χ2v) is 8.03. The summed E-state index contributed by atoms with van der Waals surface area (Å²) in [5, 5.41) is -1.09. The third kappa shape index (κ3) is 3.08. The topological polar surface area (TPSA) is 17.8 Å². The van der Waals surface area contributed by atoms with Crippen LogP contribution in [0.1, 0.15) is 27.8 Å². The lowest BCUT2D eigenvalue weighted by molar-refractivity contribution is 1.02. The summed E-state index contributed by atoms with van der Waals surface area (Å²) in [5.74, 6) is -0.525. The number of aromatic nitrogens is 2. The molecule has 0 bridgehead atoms. The Bertz CT molecular complexity index is 2600. The predicted octanol–water partition coefficient (Wildman–Crippen LogP) is 8.97. The van der Waals surface area contributed by atoms with E-state index in [1.807, 2.05) is 0 Å². The van der Waals surface area contributed by atoms with E-state index in [0.29, 0.717) is 0 Å². The first kappa shape index (κ1) is 10.1. The van der Waals surface area contributed by atoms with Crippen LogP contribution in [-0.2, 0) is 0 Å². The van der Waals surface area contributed by atoms with Crippen molar-refractivity contribution in [1.29, 1.82) is 0 Å². The van der Waals surface area contributed by atoms with Crippen molar-refractivity contribution in [3.8, 4) is 27.9 Å². The second-order valence-electron chi connectivity index (χ2n) is 8.03. The molecule has 0 saturated carbocycles. The van der Waals surface area contributed by atoms with Crippen molar-refractivity contribution in [3.05, 3.63) is 133 Å². The van der Waals surface area contributed by atoms with E-state index in [9.17, 15) is 5.48 Å². The summed E-state index contributed by atoms with van der Waals surface area (Å²) >= 11 is 0. The van der Waals surface area contributed by atoms with E-state index in [1.54, 1.807) is 18.2 Å². The van der Waals surface area contributed by atoms with Crippen molar-refractivity contribution in [3.63, 3.8) is 0 Å². The molecule has 1 heterocycles. The number of aryl methyl sites for hydroxylation is 1. The van der Waals surface area contributed by atoms with Gasteiger partial charge in [0.05, 0.1) is 34.5 Å². The van der Waals surface area contributed by atoms with Crippen LogP contribution in [0.4, 0.5) is 0 Å². The predicted molar refractivity (Wildman–Crippen MR) is 152 cm³/mol. The van der Waals surface area contributed by atoms with Crippen LogP contribution in [-0.4, -0.2) is 9.55 Å². The van der Waals surface area contributed by atoms with Gasteiger partial charge in [-0.1, -0.05) is 115 Å². The van der Waals surface area contributed by atoms with Gasteiger partial charge in [0.25, 0.3) is 0 Å². The lowest BCUT2D eigenvalue weighted by atomic mass is 9.87. The molecule has 0 aliphatic carbocycles. The molecule has 0 spiro atoms. The SMILES string of the molecule is [2H]c1c([2H])c([2H])c(-c2ccccc2-c2c3c([2H])c([2H])c([2H])c([2H])c3c(-n3c(C([2H])([2H])[2H])nc4ccccc43)c3c([2H])c([2H])c([2H])c([2H])c23)c([2H])c1[2H]. The number of benzene rings is 6. The first-order valence-electron chi connectivity index (χ1n) is 19.0. The molecule has 170 valence electrons. The summed E-state index contributed by atoms with van der Waals surface area (Å²) in [6, 6.07) is 3.88. The van der Waals surface area contributed by atoms with Crippen molar-refractivity contribution in [2.45, 2.75) is 6.85 Å². The van der Waals surface area contributed by atoms with E-state index in [2.05, 4.69) is 4.98 Å². The fourth-order valence-corrected chi connectivity index (χ4v) is 4.65. The smallest absolute Gasteiger partial charge is 0.111 e. The van der Waals surface area contributed by atoms with E-state index in [0.717, 1.165) is 4.57 Å². The molecule has 1 aromatic heterocycles. The van der Waals surface area contributed by atoms with E-state index in [-0.39, 0.29) is 60.5 Å². The summed E-state index contributed by atoms with van der Waals surface area (Å²) in [4.78, 5) is 4.36. The van der Waals surface area contributed by atoms with Gasteiger partial charge in [0.1, 0.15) is 5.82 Å². The highest BCUT2D eigenvalue weighted by Crippen LogP contribution is 2.44. The van der Waals surface area contributed by atoms with Gasteiger partial charge in [0, 0.05) is 14.9 Å². The van der Waals surface area contributed by atoms with Gasteiger partial charge in [0.15, 0.2) is 0 Å². The van der Waals surface area contributed by atoms with Crippen LogP contribution >= 0.6 is 0 Å². The third-order valence-corrected chi connectivity index (χ3v) is 6.10. The van der Waals surface area contributed by atoms with E-state index in [4.69, 9.17) is 16.4 Å². The van der Waals surface area contributed by atoms with Gasteiger partial charge in [-0.25, -0.2) is 4.98 Å². The highest BCUT2D eigenvalue weighted by atomic mass is 15.1. The molecule has 0 saturated heterocycles. The Balaban J connectivity index is 1.86. The lowest BCUT2D eigenvalue weighted by Gasteiger charge is -2.20. The van der Waals surface area contributed by atoms with E-state index < -0.39 is 91.2 Å². The Kier molecular flexibility index (Phi) is 2.31. The van der Waals surface area contributed by atoms with Gasteiger partial charge in [-0.3, -0.25) is 4.57 Å². The largest absolute Gasteiger partial charge is 0.295 e. The highest BCUT2D eigenvalue weighted by Gasteiger charge is 2.20. The molecule has 0 aliphatic heterocycles. The molecular weight excluding hydrogens is 436 g/mol. The first-order valence-corrected chi connectivity index (χ1v) is 11.0. The van der Waals surface area contributed by atoms with Crippen LogP contribution in [0.2, 0.25) is 0 Å². The minimum absolute atomic E-state index is 0.0194. The Hall–Kier alpha value is -4.69. The average molecular weight is 477 g/mol. The van der Waals surface area contributed by atoms with Crippen LogP contribution in [0.5, 0.6) is 0 Å². The Morgan fingerprint density at radius 1 is 0.639 bits per heavy atom. The standard InChI is InChI=1S/C34H24N2/c1-23-35-31-21-11-12-22-32(31)36(23)34-29-19-9-7-17-27(29)33(28-18-8-10-20-30(28)34)26-16-6-5-15-25(26)24-13-3-2-4-14-24/h2-22H,1H3/i1D3,2D,3D,4D,7D,8D,9D,10D,13D,14D,17D,18D,19D,20D. The van der Waals surface area contributed by atoms with E-state index >= 15 is 0 Å². The number of fused-ring (bicyclic) bond motifs is 3. The zero-order chi connectivity index (χ0) is 37.9. The quantitative estimate of drug-likeness (QED) is 0.233. The maximum absolute atomic E-state index is 9.25. The van der Waals surface area contributed by atoms with Gasteiger partial charge in [-0.15, -0.1) is 0 Å². The molecule has 0 atom stereocenters. The molecule has 2 heteroatoms. The minimum atomic E-state index is -2.92. The fourth-order valence-electron chi connectivity index (χ4n) is 4.65. The average Bonchev–Trinajstić information content (AvgIpc) is 3.52. The summed E-state index contributed by atoms with van der Waals surface area (Å²) < 4.78 is 140. The number of nitrogens with zero attached hydrogens (tertiary/aromatic N) is 2. The van der Waals surface area contributed by atoms with Crippen molar-refractivity contribution >= 4 is 32.6 Å². The summed E-state index contributed by atoms with van der Waals surface area (Å²) in [6.07, 6.45) is 0. The molecule has 7 aromatic rings. The number of imidazole rings is 1. The summed E-state index contributed by atoms with van der Waals surface area (Å²) in [5.41, 5.74) is -0.229. The molecule has 0 unspecified atom stereocenters. The van der Waals surface area contributed by atoms with Gasteiger partial charge in [0.2, 0.25) is 0 Å². The van der Waals surface area contributed by atoms with Crippen molar-refractivity contribution in [2.75, 3.05) is 0 Å². The monoisotopic (exact) mass is 476 g/mol. The summed E-state index contributed by atoms with van der Waals surface area (Å²) in [6.45, 7) is -2.92. The van der Waals surface area contributed by atoms with Crippen LogP contribution in [0, 0.1) is 6.85 Å². The van der Waals surface area contributed by atoms with Crippen molar-refractivity contribution in [2.24, 2.45) is 0 Å². The zero-order valence-corrected chi connectivity index (χ0v) is 18.5.